The predicted octanol–water partition coefficient (Wildman–Crippen LogP) is 2.29. The van der Waals surface area contributed by atoms with Gasteiger partial charge in [-0.1, -0.05) is 36.4 Å². The summed E-state index contributed by atoms with van der Waals surface area (Å²) in [6.45, 7) is 2.11. The minimum absolute atomic E-state index is 0.0870. The van der Waals surface area contributed by atoms with E-state index in [4.69, 9.17) is 0 Å². The number of benzene rings is 2. The van der Waals surface area contributed by atoms with Gasteiger partial charge in [0.05, 0.1) is 5.39 Å². The highest BCUT2D eigenvalue weighted by atomic mass is 16.2. The normalized spacial score (nSPS) is 11.0. The summed E-state index contributed by atoms with van der Waals surface area (Å²) in [6.07, 6.45) is 2.64. The molecular weight excluding hydrogens is 382 g/mol. The Kier molecular flexibility index (Phi) is 5.30. The number of hydrogen-bond acceptors (Lipinski definition) is 4. The highest BCUT2D eigenvalue weighted by molar-refractivity contribution is 6.05. The van der Waals surface area contributed by atoms with Crippen molar-refractivity contribution >= 4 is 33.5 Å². The maximum absolute atomic E-state index is 12.6. The minimum Gasteiger partial charge on any atom is -0.361 e. The van der Waals surface area contributed by atoms with E-state index < -0.39 is 5.91 Å². The quantitative estimate of drug-likeness (QED) is 0.444. The van der Waals surface area contributed by atoms with Crippen molar-refractivity contribution in [1.29, 1.82) is 0 Å². The zero-order chi connectivity index (χ0) is 21.1. The molecular formula is C22H21N5O3. The maximum atomic E-state index is 12.6. The first-order valence-electron chi connectivity index (χ1n) is 9.72. The molecule has 0 fully saturated rings. The van der Waals surface area contributed by atoms with Crippen molar-refractivity contribution < 1.29 is 9.59 Å². The Labute approximate surface area is 171 Å². The number of aryl methyl sites for hydroxylation is 2. The Hall–Kier alpha value is -3.94. The fourth-order valence-electron chi connectivity index (χ4n) is 3.45. The van der Waals surface area contributed by atoms with Gasteiger partial charge in [0.25, 0.3) is 11.5 Å². The van der Waals surface area contributed by atoms with Crippen LogP contribution in [0.3, 0.4) is 0 Å². The second-order valence-corrected chi connectivity index (χ2v) is 6.88. The standard InChI is InChI=1S/C22H21N5O3/c1-2-27-22(30)17-9-4-3-8-16(17)20(26-27)21(29)25-24-19(28)12-11-14-13-23-18-10-6-5-7-15(14)18/h3-10,13,23H,2,11-12H2,1H3,(H,24,28)(H,25,29). The van der Waals surface area contributed by atoms with E-state index in [1.54, 1.807) is 31.2 Å². The molecule has 8 nitrogen and oxygen atoms in total. The SMILES string of the molecule is CCn1nc(C(=O)NNC(=O)CCc2c[nH]c3ccccc23)c2ccccc2c1=O. The van der Waals surface area contributed by atoms with Crippen molar-refractivity contribution in [2.24, 2.45) is 0 Å². The van der Waals surface area contributed by atoms with Gasteiger partial charge in [0.2, 0.25) is 5.91 Å². The van der Waals surface area contributed by atoms with Crippen LogP contribution in [0.4, 0.5) is 0 Å². The molecule has 2 aromatic carbocycles. The Bertz CT molecular complexity index is 1310. The van der Waals surface area contributed by atoms with E-state index in [9.17, 15) is 14.4 Å². The number of nitrogens with one attached hydrogen (secondary N) is 3. The van der Waals surface area contributed by atoms with Crippen LogP contribution >= 0.6 is 0 Å². The van der Waals surface area contributed by atoms with Gasteiger partial charge >= 0.3 is 0 Å². The van der Waals surface area contributed by atoms with Crippen molar-refractivity contribution in [1.82, 2.24) is 25.6 Å². The van der Waals surface area contributed by atoms with Gasteiger partial charge in [-0.3, -0.25) is 25.2 Å². The molecule has 4 aromatic rings. The molecule has 0 unspecified atom stereocenters. The molecule has 0 saturated carbocycles. The smallest absolute Gasteiger partial charge is 0.290 e. The molecule has 2 aromatic heterocycles. The molecule has 0 bridgehead atoms. The number of carbonyl (C=O) groups is 2. The third kappa shape index (κ3) is 3.67. The lowest BCUT2D eigenvalue weighted by molar-refractivity contribution is -0.121. The lowest BCUT2D eigenvalue weighted by Gasteiger charge is -2.11. The predicted molar refractivity (Wildman–Crippen MR) is 114 cm³/mol. The molecule has 3 N–H and O–H groups in total. The summed E-state index contributed by atoms with van der Waals surface area (Å²) in [4.78, 5) is 40.4. The average Bonchev–Trinajstić information content (AvgIpc) is 3.19. The van der Waals surface area contributed by atoms with E-state index in [1.807, 2.05) is 30.5 Å². The van der Waals surface area contributed by atoms with Crippen LogP contribution in [0.1, 0.15) is 29.4 Å². The largest absolute Gasteiger partial charge is 0.361 e. The molecule has 0 aliphatic rings. The first kappa shape index (κ1) is 19.4. The zero-order valence-corrected chi connectivity index (χ0v) is 16.4. The van der Waals surface area contributed by atoms with Gasteiger partial charge < -0.3 is 4.98 Å². The highest BCUT2D eigenvalue weighted by Gasteiger charge is 2.17. The van der Waals surface area contributed by atoms with E-state index in [2.05, 4.69) is 20.9 Å². The van der Waals surface area contributed by atoms with Gasteiger partial charge in [-0.05, 0) is 31.0 Å². The maximum Gasteiger partial charge on any atom is 0.290 e. The van der Waals surface area contributed by atoms with Crippen LogP contribution in [0.2, 0.25) is 0 Å². The molecule has 0 spiro atoms. The summed E-state index contributed by atoms with van der Waals surface area (Å²) in [5.74, 6) is -0.893. The van der Waals surface area contributed by atoms with Crippen molar-refractivity contribution in [3.8, 4) is 0 Å². The third-order valence-electron chi connectivity index (χ3n) is 4.99. The fraction of sp³-hybridized carbons (Fsp3) is 0.182. The van der Waals surface area contributed by atoms with Crippen LogP contribution in [-0.2, 0) is 17.8 Å². The van der Waals surface area contributed by atoms with Crippen LogP contribution in [0.15, 0.2) is 59.5 Å². The second-order valence-electron chi connectivity index (χ2n) is 6.88. The van der Waals surface area contributed by atoms with E-state index in [-0.39, 0.29) is 23.6 Å². The van der Waals surface area contributed by atoms with Crippen LogP contribution < -0.4 is 16.4 Å². The Morgan fingerprint density at radius 2 is 1.70 bits per heavy atom. The van der Waals surface area contributed by atoms with Gasteiger partial charge in [-0.15, -0.1) is 0 Å². The number of amides is 2. The third-order valence-corrected chi connectivity index (χ3v) is 4.99. The lowest BCUT2D eigenvalue weighted by Crippen LogP contribution is -2.42. The second kappa shape index (κ2) is 8.20. The van der Waals surface area contributed by atoms with Gasteiger partial charge in [-0.25, -0.2) is 4.68 Å². The van der Waals surface area contributed by atoms with Crippen LogP contribution in [0.5, 0.6) is 0 Å². The number of carbonyl (C=O) groups excluding carboxylic acids is 2. The Morgan fingerprint density at radius 1 is 1.00 bits per heavy atom. The first-order valence-corrected chi connectivity index (χ1v) is 9.72. The van der Waals surface area contributed by atoms with E-state index in [0.29, 0.717) is 23.7 Å². The molecule has 0 radical (unpaired) electrons. The molecule has 30 heavy (non-hydrogen) atoms. The number of H-pyrrole nitrogens is 1. The summed E-state index contributed by atoms with van der Waals surface area (Å²) in [5.41, 5.74) is 6.72. The molecule has 0 atom stereocenters. The number of hydrogen-bond donors (Lipinski definition) is 3. The fourth-order valence-corrected chi connectivity index (χ4v) is 3.45. The number of rotatable bonds is 5. The van der Waals surface area contributed by atoms with Crippen LogP contribution in [0.25, 0.3) is 21.7 Å². The summed E-state index contributed by atoms with van der Waals surface area (Å²) < 4.78 is 1.23. The molecule has 2 heterocycles. The van der Waals surface area contributed by atoms with Crippen molar-refractivity contribution in [2.75, 3.05) is 0 Å². The summed E-state index contributed by atoms with van der Waals surface area (Å²) in [6, 6.07) is 14.7. The summed E-state index contributed by atoms with van der Waals surface area (Å²) in [5, 5.41) is 6.08. The monoisotopic (exact) mass is 403 g/mol. The number of aromatic nitrogens is 3. The summed E-state index contributed by atoms with van der Waals surface area (Å²) >= 11 is 0. The van der Waals surface area contributed by atoms with Gasteiger partial charge in [0.15, 0.2) is 5.69 Å². The Balaban J connectivity index is 1.44. The molecule has 0 saturated heterocycles. The van der Waals surface area contributed by atoms with Crippen molar-refractivity contribution in [3.63, 3.8) is 0 Å². The number of hydrazine groups is 1. The van der Waals surface area contributed by atoms with E-state index in [1.165, 1.54) is 4.68 Å². The van der Waals surface area contributed by atoms with E-state index in [0.717, 1.165) is 16.5 Å². The van der Waals surface area contributed by atoms with Crippen molar-refractivity contribution in [2.45, 2.75) is 26.3 Å². The Morgan fingerprint density at radius 3 is 2.47 bits per heavy atom. The molecule has 152 valence electrons. The molecule has 0 aliphatic heterocycles. The number of aromatic amines is 1. The highest BCUT2D eigenvalue weighted by Crippen LogP contribution is 2.19. The number of para-hydroxylation sites is 1. The van der Waals surface area contributed by atoms with Crippen molar-refractivity contribution in [3.05, 3.63) is 76.3 Å². The lowest BCUT2D eigenvalue weighted by atomic mass is 10.1. The first-order chi connectivity index (χ1) is 14.6. The zero-order valence-electron chi connectivity index (χ0n) is 16.4. The number of nitrogens with zero attached hydrogens (tertiary/aromatic N) is 2. The van der Waals surface area contributed by atoms with Gasteiger partial charge in [0.1, 0.15) is 0 Å². The molecule has 2 amide bonds. The van der Waals surface area contributed by atoms with Gasteiger partial charge in [0, 0.05) is 35.5 Å². The average molecular weight is 403 g/mol. The van der Waals surface area contributed by atoms with Crippen LogP contribution in [-0.4, -0.2) is 26.6 Å². The minimum atomic E-state index is -0.575. The summed E-state index contributed by atoms with van der Waals surface area (Å²) in [7, 11) is 0. The number of fused-ring (bicyclic) bond motifs is 2. The van der Waals surface area contributed by atoms with Crippen LogP contribution in [0, 0.1) is 0 Å². The van der Waals surface area contributed by atoms with E-state index >= 15 is 0 Å². The molecule has 4 rings (SSSR count). The molecule has 8 heteroatoms. The van der Waals surface area contributed by atoms with Gasteiger partial charge in [-0.2, -0.15) is 5.10 Å². The molecule has 0 aliphatic carbocycles. The topological polar surface area (TPSA) is 109 Å².